The summed E-state index contributed by atoms with van der Waals surface area (Å²) in [5.41, 5.74) is 8.23. The first-order chi connectivity index (χ1) is 8.24. The van der Waals surface area contributed by atoms with E-state index in [0.717, 1.165) is 22.7 Å². The maximum atomic E-state index is 5.61. The maximum absolute atomic E-state index is 5.61. The van der Waals surface area contributed by atoms with Crippen LogP contribution in [0.4, 0.5) is 0 Å². The first-order valence-corrected chi connectivity index (χ1v) is 5.42. The number of methoxy groups -OCH3 is 1. The van der Waals surface area contributed by atoms with Gasteiger partial charge in [0.05, 0.1) is 18.4 Å². The zero-order valence-corrected chi connectivity index (χ0v) is 9.97. The fraction of sp³-hybridized carbons (Fsp3) is 0.231. The molecule has 2 aromatic rings. The average molecular weight is 229 g/mol. The van der Waals surface area contributed by atoms with Crippen molar-refractivity contribution in [1.82, 2.24) is 9.97 Å². The van der Waals surface area contributed by atoms with E-state index in [1.54, 1.807) is 7.11 Å². The molecule has 0 saturated carbocycles. The minimum Gasteiger partial charge on any atom is -0.496 e. The van der Waals surface area contributed by atoms with Gasteiger partial charge in [0.15, 0.2) is 5.82 Å². The van der Waals surface area contributed by atoms with Crippen molar-refractivity contribution < 1.29 is 4.74 Å². The number of para-hydroxylation sites is 1. The number of rotatable bonds is 3. The normalized spacial score (nSPS) is 10.3. The zero-order valence-electron chi connectivity index (χ0n) is 9.97. The molecule has 4 nitrogen and oxygen atoms in total. The molecule has 1 aromatic carbocycles. The standard InChI is InChI=1S/C13H15N3O/c1-9-7-10(8-14)16-13(15-9)11-5-3-4-6-12(11)17-2/h3-7H,8,14H2,1-2H3. The predicted molar refractivity (Wildman–Crippen MR) is 66.6 cm³/mol. The van der Waals surface area contributed by atoms with Crippen molar-refractivity contribution in [3.05, 3.63) is 41.7 Å². The Balaban J connectivity index is 2.55. The zero-order chi connectivity index (χ0) is 12.3. The Morgan fingerprint density at radius 1 is 1.24 bits per heavy atom. The lowest BCUT2D eigenvalue weighted by atomic mass is 10.1. The molecule has 2 rings (SSSR count). The lowest BCUT2D eigenvalue weighted by molar-refractivity contribution is 0.416. The molecular formula is C13H15N3O. The summed E-state index contributed by atoms with van der Waals surface area (Å²) in [7, 11) is 1.64. The SMILES string of the molecule is COc1ccccc1-c1nc(C)cc(CN)n1. The Bertz CT molecular complexity index is 526. The quantitative estimate of drug-likeness (QED) is 0.873. The smallest absolute Gasteiger partial charge is 0.163 e. The summed E-state index contributed by atoms with van der Waals surface area (Å²) in [6.07, 6.45) is 0. The van der Waals surface area contributed by atoms with Crippen molar-refractivity contribution in [3.8, 4) is 17.1 Å². The molecular weight excluding hydrogens is 214 g/mol. The highest BCUT2D eigenvalue weighted by Gasteiger charge is 2.09. The number of aromatic nitrogens is 2. The van der Waals surface area contributed by atoms with Gasteiger partial charge in [0.1, 0.15) is 5.75 Å². The molecule has 0 spiro atoms. The number of benzene rings is 1. The van der Waals surface area contributed by atoms with Crippen LogP contribution in [0.5, 0.6) is 5.75 Å². The monoisotopic (exact) mass is 229 g/mol. The molecule has 4 heteroatoms. The van der Waals surface area contributed by atoms with Crippen LogP contribution < -0.4 is 10.5 Å². The van der Waals surface area contributed by atoms with E-state index < -0.39 is 0 Å². The van der Waals surface area contributed by atoms with Gasteiger partial charge in [0, 0.05) is 12.2 Å². The highest BCUT2D eigenvalue weighted by Crippen LogP contribution is 2.26. The van der Waals surface area contributed by atoms with Crippen molar-refractivity contribution in [3.63, 3.8) is 0 Å². The van der Waals surface area contributed by atoms with E-state index in [4.69, 9.17) is 10.5 Å². The molecule has 88 valence electrons. The van der Waals surface area contributed by atoms with Crippen LogP contribution in [0.1, 0.15) is 11.4 Å². The van der Waals surface area contributed by atoms with Crippen LogP contribution in [0.2, 0.25) is 0 Å². The summed E-state index contributed by atoms with van der Waals surface area (Å²) < 4.78 is 5.30. The second-order valence-electron chi connectivity index (χ2n) is 3.73. The van der Waals surface area contributed by atoms with Crippen molar-refractivity contribution in [1.29, 1.82) is 0 Å². The summed E-state index contributed by atoms with van der Waals surface area (Å²) in [6, 6.07) is 9.57. The number of nitrogens with zero attached hydrogens (tertiary/aromatic N) is 2. The van der Waals surface area contributed by atoms with Gasteiger partial charge in [-0.2, -0.15) is 0 Å². The number of aryl methyl sites for hydroxylation is 1. The third-order valence-corrected chi connectivity index (χ3v) is 2.46. The highest BCUT2D eigenvalue weighted by atomic mass is 16.5. The van der Waals surface area contributed by atoms with E-state index in [-0.39, 0.29) is 0 Å². The topological polar surface area (TPSA) is 61.0 Å². The van der Waals surface area contributed by atoms with Crippen molar-refractivity contribution >= 4 is 0 Å². The largest absolute Gasteiger partial charge is 0.496 e. The summed E-state index contributed by atoms with van der Waals surface area (Å²) in [5.74, 6) is 1.42. The maximum Gasteiger partial charge on any atom is 0.163 e. The second-order valence-corrected chi connectivity index (χ2v) is 3.73. The number of hydrogen-bond donors (Lipinski definition) is 1. The van der Waals surface area contributed by atoms with Crippen LogP contribution in [-0.2, 0) is 6.54 Å². The van der Waals surface area contributed by atoms with Gasteiger partial charge in [-0.1, -0.05) is 12.1 Å². The molecule has 2 N–H and O–H groups in total. The Labute approximate surface area is 100 Å². The molecule has 1 aromatic heterocycles. The van der Waals surface area contributed by atoms with E-state index in [1.165, 1.54) is 0 Å². The van der Waals surface area contributed by atoms with Crippen LogP contribution in [0.3, 0.4) is 0 Å². The van der Waals surface area contributed by atoms with E-state index in [2.05, 4.69) is 9.97 Å². The van der Waals surface area contributed by atoms with Crippen molar-refractivity contribution in [2.45, 2.75) is 13.5 Å². The Morgan fingerprint density at radius 2 is 2.00 bits per heavy atom. The third kappa shape index (κ3) is 2.42. The molecule has 0 fully saturated rings. The first-order valence-electron chi connectivity index (χ1n) is 5.42. The number of nitrogens with two attached hydrogens (primary N) is 1. The van der Waals surface area contributed by atoms with Crippen LogP contribution in [0, 0.1) is 6.92 Å². The molecule has 0 atom stereocenters. The van der Waals surface area contributed by atoms with E-state index in [1.807, 2.05) is 37.3 Å². The Morgan fingerprint density at radius 3 is 2.71 bits per heavy atom. The minimum atomic E-state index is 0.408. The molecule has 0 unspecified atom stereocenters. The number of ether oxygens (including phenoxy) is 1. The van der Waals surface area contributed by atoms with Gasteiger partial charge in [-0.15, -0.1) is 0 Å². The van der Waals surface area contributed by atoms with Crippen LogP contribution in [0.15, 0.2) is 30.3 Å². The fourth-order valence-electron chi connectivity index (χ4n) is 1.69. The third-order valence-electron chi connectivity index (χ3n) is 2.46. The molecule has 17 heavy (non-hydrogen) atoms. The van der Waals surface area contributed by atoms with Gasteiger partial charge in [0.2, 0.25) is 0 Å². The molecule has 0 bridgehead atoms. The lowest BCUT2D eigenvalue weighted by Gasteiger charge is -2.08. The van der Waals surface area contributed by atoms with Crippen LogP contribution in [-0.4, -0.2) is 17.1 Å². The van der Waals surface area contributed by atoms with E-state index in [9.17, 15) is 0 Å². The van der Waals surface area contributed by atoms with Crippen LogP contribution in [0.25, 0.3) is 11.4 Å². The Kier molecular flexibility index (Phi) is 3.35. The predicted octanol–water partition coefficient (Wildman–Crippen LogP) is 1.92. The lowest BCUT2D eigenvalue weighted by Crippen LogP contribution is -2.04. The molecule has 0 aliphatic heterocycles. The van der Waals surface area contributed by atoms with Gasteiger partial charge in [0.25, 0.3) is 0 Å². The summed E-state index contributed by atoms with van der Waals surface area (Å²) in [6.45, 7) is 2.34. The van der Waals surface area contributed by atoms with E-state index in [0.29, 0.717) is 12.4 Å². The summed E-state index contributed by atoms with van der Waals surface area (Å²) in [4.78, 5) is 8.83. The molecule has 0 saturated heterocycles. The summed E-state index contributed by atoms with van der Waals surface area (Å²) >= 11 is 0. The van der Waals surface area contributed by atoms with Crippen LogP contribution >= 0.6 is 0 Å². The van der Waals surface area contributed by atoms with Gasteiger partial charge in [-0.05, 0) is 25.1 Å². The van der Waals surface area contributed by atoms with Gasteiger partial charge in [-0.3, -0.25) is 0 Å². The van der Waals surface area contributed by atoms with Crippen molar-refractivity contribution in [2.24, 2.45) is 5.73 Å². The van der Waals surface area contributed by atoms with Gasteiger partial charge < -0.3 is 10.5 Å². The van der Waals surface area contributed by atoms with Gasteiger partial charge in [-0.25, -0.2) is 9.97 Å². The second kappa shape index (κ2) is 4.93. The number of hydrogen-bond acceptors (Lipinski definition) is 4. The Hall–Kier alpha value is -1.94. The molecule has 1 heterocycles. The molecule has 0 amide bonds. The highest BCUT2D eigenvalue weighted by molar-refractivity contribution is 5.64. The van der Waals surface area contributed by atoms with Gasteiger partial charge >= 0.3 is 0 Å². The average Bonchev–Trinajstić information content (AvgIpc) is 2.37. The molecule has 0 radical (unpaired) electrons. The van der Waals surface area contributed by atoms with E-state index >= 15 is 0 Å². The summed E-state index contributed by atoms with van der Waals surface area (Å²) in [5, 5.41) is 0. The fourth-order valence-corrected chi connectivity index (χ4v) is 1.69. The van der Waals surface area contributed by atoms with Crippen molar-refractivity contribution in [2.75, 3.05) is 7.11 Å². The minimum absolute atomic E-state index is 0.408. The first kappa shape index (κ1) is 11.5. The molecule has 0 aliphatic carbocycles. The molecule has 0 aliphatic rings.